The van der Waals surface area contributed by atoms with E-state index in [2.05, 4.69) is 5.32 Å². The maximum absolute atomic E-state index is 13.5. The number of thioether (sulfide) groups is 1. The SMILES string of the molecule is CSCC(C)(O)CNc1ccc([N+](=O)[O-])cc1F. The van der Waals surface area contributed by atoms with Gasteiger partial charge in [0.05, 0.1) is 22.3 Å². The van der Waals surface area contributed by atoms with Crippen LogP contribution in [0, 0.1) is 15.9 Å². The van der Waals surface area contributed by atoms with Crippen LogP contribution in [-0.2, 0) is 0 Å². The molecule has 0 saturated carbocycles. The molecule has 0 heterocycles. The predicted octanol–water partition coefficient (Wildman–Crippen LogP) is 2.26. The molecule has 0 radical (unpaired) electrons. The number of aliphatic hydroxyl groups is 1. The molecule has 1 aromatic carbocycles. The fraction of sp³-hybridized carbons (Fsp3) is 0.455. The lowest BCUT2D eigenvalue weighted by molar-refractivity contribution is -0.385. The minimum atomic E-state index is -0.965. The molecule has 1 aromatic rings. The largest absolute Gasteiger partial charge is 0.387 e. The van der Waals surface area contributed by atoms with Crippen LogP contribution < -0.4 is 5.32 Å². The van der Waals surface area contributed by atoms with E-state index in [1.807, 2.05) is 6.26 Å². The molecule has 100 valence electrons. The summed E-state index contributed by atoms with van der Waals surface area (Å²) in [6.45, 7) is 1.81. The lowest BCUT2D eigenvalue weighted by atomic mass is 10.1. The predicted molar refractivity (Wildman–Crippen MR) is 70.5 cm³/mol. The Balaban J connectivity index is 2.71. The number of non-ortho nitro benzene ring substituents is 1. The van der Waals surface area contributed by atoms with Crippen molar-refractivity contribution < 1.29 is 14.4 Å². The molecule has 18 heavy (non-hydrogen) atoms. The van der Waals surface area contributed by atoms with E-state index < -0.39 is 16.3 Å². The Hall–Kier alpha value is -1.34. The van der Waals surface area contributed by atoms with E-state index in [-0.39, 0.29) is 17.9 Å². The molecule has 0 saturated heterocycles. The van der Waals surface area contributed by atoms with E-state index >= 15 is 0 Å². The van der Waals surface area contributed by atoms with Crippen molar-refractivity contribution in [1.29, 1.82) is 0 Å². The third-order valence-corrected chi connectivity index (χ3v) is 3.19. The number of nitrogens with one attached hydrogen (secondary N) is 1. The van der Waals surface area contributed by atoms with Crippen molar-refractivity contribution >= 4 is 23.1 Å². The van der Waals surface area contributed by atoms with Crippen molar-refractivity contribution in [3.05, 3.63) is 34.1 Å². The summed E-state index contributed by atoms with van der Waals surface area (Å²) < 4.78 is 13.5. The van der Waals surface area contributed by atoms with Gasteiger partial charge in [0.25, 0.3) is 5.69 Å². The van der Waals surface area contributed by atoms with Crippen LogP contribution in [0.4, 0.5) is 15.8 Å². The van der Waals surface area contributed by atoms with Gasteiger partial charge in [0.1, 0.15) is 0 Å². The molecule has 0 bridgehead atoms. The Morgan fingerprint density at radius 1 is 1.61 bits per heavy atom. The summed E-state index contributed by atoms with van der Waals surface area (Å²) in [6, 6.07) is 3.36. The second kappa shape index (κ2) is 6.01. The Morgan fingerprint density at radius 3 is 2.78 bits per heavy atom. The Labute approximate surface area is 109 Å². The first-order valence-corrected chi connectivity index (χ1v) is 6.64. The van der Waals surface area contributed by atoms with Crippen LogP contribution in [0.15, 0.2) is 18.2 Å². The fourth-order valence-electron chi connectivity index (χ4n) is 1.41. The lowest BCUT2D eigenvalue weighted by Gasteiger charge is -2.23. The maximum Gasteiger partial charge on any atom is 0.272 e. The standard InChI is InChI=1S/C11H15FN2O3S/c1-11(15,7-18-2)6-13-10-4-3-8(14(16)17)5-9(10)12/h3-5,13,15H,6-7H2,1-2H3. The third-order valence-electron chi connectivity index (χ3n) is 2.28. The smallest absolute Gasteiger partial charge is 0.272 e. The number of hydrogen-bond donors (Lipinski definition) is 2. The molecule has 0 spiro atoms. The zero-order valence-electron chi connectivity index (χ0n) is 10.1. The topological polar surface area (TPSA) is 75.4 Å². The monoisotopic (exact) mass is 274 g/mol. The minimum Gasteiger partial charge on any atom is -0.387 e. The van der Waals surface area contributed by atoms with Crippen LogP contribution in [0.3, 0.4) is 0 Å². The Kier molecular flexibility index (Phi) is 4.92. The summed E-state index contributed by atoms with van der Waals surface area (Å²) >= 11 is 1.48. The molecule has 1 rings (SSSR count). The normalized spacial score (nSPS) is 14.0. The van der Waals surface area contributed by atoms with Gasteiger partial charge in [-0.05, 0) is 19.2 Å². The highest BCUT2D eigenvalue weighted by Crippen LogP contribution is 2.21. The van der Waals surface area contributed by atoms with Crippen LogP contribution in [0.25, 0.3) is 0 Å². The number of anilines is 1. The summed E-state index contributed by atoms with van der Waals surface area (Å²) in [4.78, 5) is 9.79. The van der Waals surface area contributed by atoms with Gasteiger partial charge >= 0.3 is 0 Å². The van der Waals surface area contributed by atoms with Crippen molar-refractivity contribution in [3.8, 4) is 0 Å². The van der Waals surface area contributed by atoms with Crippen molar-refractivity contribution in [2.24, 2.45) is 0 Å². The van der Waals surface area contributed by atoms with Gasteiger partial charge in [0, 0.05) is 18.4 Å². The number of halogens is 1. The van der Waals surface area contributed by atoms with Crippen LogP contribution in [-0.4, -0.2) is 34.2 Å². The fourth-order valence-corrected chi connectivity index (χ4v) is 2.13. The van der Waals surface area contributed by atoms with Gasteiger partial charge in [0.15, 0.2) is 5.82 Å². The number of nitrogens with zero attached hydrogens (tertiary/aromatic N) is 1. The number of nitro groups is 1. The third kappa shape index (κ3) is 4.15. The molecule has 1 atom stereocenters. The van der Waals surface area contributed by atoms with Crippen molar-refractivity contribution in [3.63, 3.8) is 0 Å². The van der Waals surface area contributed by atoms with Gasteiger partial charge in [-0.3, -0.25) is 10.1 Å². The average molecular weight is 274 g/mol. The van der Waals surface area contributed by atoms with Crippen LogP contribution >= 0.6 is 11.8 Å². The molecule has 2 N–H and O–H groups in total. The number of benzene rings is 1. The molecule has 0 aliphatic rings. The number of hydrogen-bond acceptors (Lipinski definition) is 5. The molecule has 0 aliphatic carbocycles. The molecule has 0 fully saturated rings. The lowest BCUT2D eigenvalue weighted by Crippen LogP contribution is -2.36. The summed E-state index contributed by atoms with van der Waals surface area (Å²) in [6.07, 6.45) is 1.86. The number of rotatable bonds is 6. The summed E-state index contributed by atoms with van der Waals surface area (Å²) in [7, 11) is 0. The first-order chi connectivity index (χ1) is 8.35. The van der Waals surface area contributed by atoms with E-state index in [4.69, 9.17) is 0 Å². The molecular weight excluding hydrogens is 259 g/mol. The zero-order chi connectivity index (χ0) is 13.8. The molecule has 7 heteroatoms. The van der Waals surface area contributed by atoms with Gasteiger partial charge in [0.2, 0.25) is 0 Å². The van der Waals surface area contributed by atoms with Gasteiger partial charge in [-0.2, -0.15) is 11.8 Å². The van der Waals surface area contributed by atoms with Gasteiger partial charge < -0.3 is 10.4 Å². The van der Waals surface area contributed by atoms with E-state index in [9.17, 15) is 19.6 Å². The van der Waals surface area contributed by atoms with Gasteiger partial charge in [-0.1, -0.05) is 0 Å². The zero-order valence-corrected chi connectivity index (χ0v) is 11.0. The van der Waals surface area contributed by atoms with Gasteiger partial charge in [-0.15, -0.1) is 0 Å². The first kappa shape index (κ1) is 14.7. The molecule has 0 aliphatic heterocycles. The maximum atomic E-state index is 13.5. The second-order valence-corrected chi connectivity index (χ2v) is 5.07. The Morgan fingerprint density at radius 2 is 2.28 bits per heavy atom. The molecular formula is C11H15FN2O3S. The quantitative estimate of drug-likeness (QED) is 0.614. The van der Waals surface area contributed by atoms with Crippen molar-refractivity contribution in [1.82, 2.24) is 0 Å². The highest BCUT2D eigenvalue weighted by atomic mass is 32.2. The van der Waals surface area contributed by atoms with Crippen molar-refractivity contribution in [2.75, 3.05) is 23.9 Å². The van der Waals surface area contributed by atoms with E-state index in [0.29, 0.717) is 5.75 Å². The molecule has 5 nitrogen and oxygen atoms in total. The summed E-state index contributed by atoms with van der Waals surface area (Å²) in [5.74, 6) is -0.196. The molecule has 0 aromatic heterocycles. The number of nitro benzene ring substituents is 1. The minimum absolute atomic E-state index is 0.141. The van der Waals surface area contributed by atoms with E-state index in [1.165, 1.54) is 23.9 Å². The summed E-state index contributed by atoms with van der Waals surface area (Å²) in [5.41, 5.74) is -1.12. The molecule has 1 unspecified atom stereocenters. The first-order valence-electron chi connectivity index (χ1n) is 5.25. The van der Waals surface area contributed by atoms with E-state index in [0.717, 1.165) is 6.07 Å². The summed E-state index contributed by atoms with van der Waals surface area (Å²) in [5, 5.41) is 23.1. The highest BCUT2D eigenvalue weighted by molar-refractivity contribution is 7.98. The second-order valence-electron chi connectivity index (χ2n) is 4.20. The van der Waals surface area contributed by atoms with Crippen molar-refractivity contribution in [2.45, 2.75) is 12.5 Å². The molecule has 0 amide bonds. The van der Waals surface area contributed by atoms with Crippen LogP contribution in [0.1, 0.15) is 6.92 Å². The van der Waals surface area contributed by atoms with Crippen LogP contribution in [0.5, 0.6) is 0 Å². The van der Waals surface area contributed by atoms with Gasteiger partial charge in [-0.25, -0.2) is 4.39 Å². The average Bonchev–Trinajstić information content (AvgIpc) is 2.27. The van der Waals surface area contributed by atoms with Crippen LogP contribution in [0.2, 0.25) is 0 Å². The highest BCUT2D eigenvalue weighted by Gasteiger charge is 2.20. The Bertz CT molecular complexity index is 440. The van der Waals surface area contributed by atoms with E-state index in [1.54, 1.807) is 6.92 Å².